The zero-order valence-corrected chi connectivity index (χ0v) is 21.7. The van der Waals surface area contributed by atoms with Crippen molar-refractivity contribution in [3.8, 4) is 0 Å². The van der Waals surface area contributed by atoms with Crippen LogP contribution in [0.4, 0.5) is 0 Å². The van der Waals surface area contributed by atoms with Gasteiger partial charge in [0, 0.05) is 90.2 Å². The fraction of sp³-hybridized carbons (Fsp3) is 0.913. The molecule has 0 aromatic carbocycles. The summed E-state index contributed by atoms with van der Waals surface area (Å²) in [4.78, 5) is 24.6. The molecule has 0 saturated carbocycles. The van der Waals surface area contributed by atoms with Crippen LogP contribution in [-0.2, 0) is 9.59 Å². The first kappa shape index (κ1) is 30.7. The Labute approximate surface area is 206 Å². The molecule has 1 rings (SSSR count). The number of nitrogens with one attached hydrogen (secondary N) is 8. The Hall–Kier alpha value is -1.34. The number of likely N-dealkylation sites (N-methyl/N-ethyl adjacent to an activating group) is 1. The van der Waals surface area contributed by atoms with Crippen LogP contribution in [0.1, 0.15) is 32.6 Å². The van der Waals surface area contributed by atoms with Gasteiger partial charge in [-0.2, -0.15) is 0 Å². The molecule has 200 valence electrons. The minimum absolute atomic E-state index is 0.0293. The number of rotatable bonds is 12. The second-order valence-corrected chi connectivity index (χ2v) is 9.75. The van der Waals surface area contributed by atoms with E-state index in [0.717, 1.165) is 52.2 Å². The SMILES string of the molecule is CNCC1(C)CNCCNCC(CNC)(NC(=O)CCCC(=O)NCCCN)CNCCNC1. The minimum Gasteiger partial charge on any atom is -0.356 e. The summed E-state index contributed by atoms with van der Waals surface area (Å²) in [6.45, 7) is 11.5. The number of hydrogen-bond acceptors (Lipinski definition) is 9. The molecule has 0 bridgehead atoms. The predicted octanol–water partition coefficient (Wildman–Crippen LogP) is -2.71. The molecular weight excluding hydrogens is 434 g/mol. The highest BCUT2D eigenvalue weighted by molar-refractivity contribution is 5.79. The largest absolute Gasteiger partial charge is 0.356 e. The number of carbonyl (C=O) groups is 2. The van der Waals surface area contributed by atoms with Crippen LogP contribution in [0.15, 0.2) is 0 Å². The number of carbonyl (C=O) groups excluding carboxylic acids is 2. The van der Waals surface area contributed by atoms with Gasteiger partial charge in [-0.1, -0.05) is 6.92 Å². The van der Waals surface area contributed by atoms with Gasteiger partial charge in [-0.3, -0.25) is 9.59 Å². The average molecular weight is 486 g/mol. The summed E-state index contributed by atoms with van der Waals surface area (Å²) in [5, 5.41) is 26.8. The molecule has 2 amide bonds. The van der Waals surface area contributed by atoms with E-state index in [-0.39, 0.29) is 17.2 Å². The second kappa shape index (κ2) is 18.0. The fourth-order valence-corrected chi connectivity index (χ4v) is 4.25. The summed E-state index contributed by atoms with van der Waals surface area (Å²) >= 11 is 0. The van der Waals surface area contributed by atoms with Crippen molar-refractivity contribution < 1.29 is 9.59 Å². The highest BCUT2D eigenvalue weighted by Crippen LogP contribution is 2.12. The first-order valence-electron chi connectivity index (χ1n) is 12.8. The van der Waals surface area contributed by atoms with E-state index in [1.165, 1.54) is 0 Å². The zero-order valence-electron chi connectivity index (χ0n) is 21.7. The third-order valence-electron chi connectivity index (χ3n) is 6.02. The molecule has 0 aromatic heterocycles. The zero-order chi connectivity index (χ0) is 25.1. The Morgan fingerprint density at radius 1 is 0.794 bits per heavy atom. The van der Waals surface area contributed by atoms with Crippen molar-refractivity contribution >= 4 is 11.8 Å². The molecule has 0 radical (unpaired) electrons. The van der Waals surface area contributed by atoms with Gasteiger partial charge in [0.2, 0.25) is 11.8 Å². The molecule has 1 fully saturated rings. The highest BCUT2D eigenvalue weighted by atomic mass is 16.2. The summed E-state index contributed by atoms with van der Waals surface area (Å²) in [6.07, 6.45) is 1.95. The molecule has 34 heavy (non-hydrogen) atoms. The van der Waals surface area contributed by atoms with Gasteiger partial charge in [0.05, 0.1) is 5.54 Å². The van der Waals surface area contributed by atoms with Gasteiger partial charge in [-0.05, 0) is 33.5 Å². The fourth-order valence-electron chi connectivity index (χ4n) is 4.25. The number of nitrogens with two attached hydrogens (primary N) is 1. The van der Waals surface area contributed by atoms with Gasteiger partial charge in [-0.25, -0.2) is 0 Å². The smallest absolute Gasteiger partial charge is 0.220 e. The third kappa shape index (κ3) is 13.5. The van der Waals surface area contributed by atoms with Crippen LogP contribution in [0.5, 0.6) is 0 Å². The maximum Gasteiger partial charge on any atom is 0.220 e. The summed E-state index contributed by atoms with van der Waals surface area (Å²) in [5.74, 6) is -0.0628. The predicted molar refractivity (Wildman–Crippen MR) is 139 cm³/mol. The normalized spacial score (nSPS) is 25.3. The maximum absolute atomic E-state index is 12.8. The molecular formula is C23H51N9O2. The molecule has 1 aliphatic heterocycles. The molecule has 0 atom stereocenters. The summed E-state index contributed by atoms with van der Waals surface area (Å²) in [7, 11) is 3.89. The molecule has 11 heteroatoms. The molecule has 10 N–H and O–H groups in total. The van der Waals surface area contributed by atoms with Gasteiger partial charge < -0.3 is 48.3 Å². The topological polar surface area (TPSA) is 156 Å². The Morgan fingerprint density at radius 3 is 1.85 bits per heavy atom. The summed E-state index contributed by atoms with van der Waals surface area (Å²) < 4.78 is 0. The van der Waals surface area contributed by atoms with Crippen LogP contribution in [0, 0.1) is 5.41 Å². The molecule has 11 nitrogen and oxygen atoms in total. The van der Waals surface area contributed by atoms with Crippen LogP contribution in [0.25, 0.3) is 0 Å². The average Bonchev–Trinajstić information content (AvgIpc) is 2.78. The molecule has 0 aromatic rings. The minimum atomic E-state index is -0.458. The van der Waals surface area contributed by atoms with E-state index in [1.54, 1.807) is 0 Å². The highest BCUT2D eigenvalue weighted by Gasteiger charge is 2.31. The Kier molecular flexibility index (Phi) is 16.2. The lowest BCUT2D eigenvalue weighted by Crippen LogP contribution is -2.65. The van der Waals surface area contributed by atoms with Crippen molar-refractivity contribution in [2.45, 2.75) is 38.1 Å². The van der Waals surface area contributed by atoms with Crippen molar-refractivity contribution in [2.75, 3.05) is 92.6 Å². The van der Waals surface area contributed by atoms with E-state index in [2.05, 4.69) is 49.5 Å². The van der Waals surface area contributed by atoms with Crippen molar-refractivity contribution in [3.63, 3.8) is 0 Å². The van der Waals surface area contributed by atoms with E-state index in [9.17, 15) is 9.59 Å². The Balaban J connectivity index is 2.60. The van der Waals surface area contributed by atoms with Crippen molar-refractivity contribution in [1.82, 2.24) is 42.5 Å². The first-order valence-corrected chi connectivity index (χ1v) is 12.8. The third-order valence-corrected chi connectivity index (χ3v) is 6.02. The molecule has 1 aliphatic rings. The van der Waals surface area contributed by atoms with Crippen LogP contribution in [0.3, 0.4) is 0 Å². The summed E-state index contributed by atoms with van der Waals surface area (Å²) in [6, 6.07) is 0. The van der Waals surface area contributed by atoms with Gasteiger partial charge in [0.15, 0.2) is 0 Å². The van der Waals surface area contributed by atoms with Gasteiger partial charge >= 0.3 is 0 Å². The lowest BCUT2D eigenvalue weighted by Gasteiger charge is -2.36. The monoisotopic (exact) mass is 485 g/mol. The lowest BCUT2D eigenvalue weighted by molar-refractivity contribution is -0.123. The van der Waals surface area contributed by atoms with E-state index in [0.29, 0.717) is 52.0 Å². The van der Waals surface area contributed by atoms with E-state index >= 15 is 0 Å². The quantitative estimate of drug-likeness (QED) is 0.134. The second-order valence-electron chi connectivity index (χ2n) is 9.75. The van der Waals surface area contributed by atoms with Crippen molar-refractivity contribution in [2.24, 2.45) is 11.1 Å². The van der Waals surface area contributed by atoms with Crippen LogP contribution in [-0.4, -0.2) is 110 Å². The number of amides is 2. The van der Waals surface area contributed by atoms with E-state index < -0.39 is 5.54 Å². The Bertz CT molecular complexity index is 547. The Morgan fingerprint density at radius 2 is 1.32 bits per heavy atom. The van der Waals surface area contributed by atoms with Crippen LogP contribution < -0.4 is 48.3 Å². The van der Waals surface area contributed by atoms with E-state index in [4.69, 9.17) is 5.73 Å². The summed E-state index contributed by atoms with van der Waals surface area (Å²) in [5.41, 5.74) is 5.13. The van der Waals surface area contributed by atoms with Gasteiger partial charge in [0.25, 0.3) is 0 Å². The van der Waals surface area contributed by atoms with Crippen molar-refractivity contribution in [1.29, 1.82) is 0 Å². The molecule has 0 unspecified atom stereocenters. The molecule has 1 heterocycles. The van der Waals surface area contributed by atoms with Gasteiger partial charge in [-0.15, -0.1) is 0 Å². The van der Waals surface area contributed by atoms with E-state index in [1.807, 2.05) is 14.1 Å². The molecule has 0 spiro atoms. The standard InChI is InChI=1S/C23H51N9O2/c1-22(14-25-2)15-27-10-12-29-18-23(17-26-3,19-30-13-11-28-16-22)32-21(34)7-4-6-20(33)31-9-5-8-24/h25-30H,4-19,24H2,1-3H3,(H,31,33)(H,32,34). The first-order chi connectivity index (χ1) is 16.4. The molecule has 0 aliphatic carbocycles. The maximum atomic E-state index is 12.8. The number of hydrogen-bond donors (Lipinski definition) is 9. The van der Waals surface area contributed by atoms with Crippen LogP contribution in [0.2, 0.25) is 0 Å². The van der Waals surface area contributed by atoms with Gasteiger partial charge in [0.1, 0.15) is 0 Å². The lowest BCUT2D eigenvalue weighted by atomic mass is 9.90. The molecule has 1 saturated heterocycles. The van der Waals surface area contributed by atoms with Crippen molar-refractivity contribution in [3.05, 3.63) is 0 Å². The van der Waals surface area contributed by atoms with Crippen LogP contribution >= 0.6 is 0 Å².